The van der Waals surface area contributed by atoms with Crippen LogP contribution in [-0.4, -0.2) is 16.4 Å². The molecule has 1 amide bonds. The molecule has 0 unspecified atom stereocenters. The van der Waals surface area contributed by atoms with Crippen LogP contribution in [0.2, 0.25) is 0 Å². The average Bonchev–Trinajstić information content (AvgIpc) is 2.43. The van der Waals surface area contributed by atoms with E-state index in [2.05, 4.69) is 5.32 Å². The summed E-state index contributed by atoms with van der Waals surface area (Å²) in [5.74, 6) is -0.413. The zero-order valence-corrected chi connectivity index (χ0v) is 10.9. The van der Waals surface area contributed by atoms with Gasteiger partial charge in [-0.05, 0) is 11.6 Å². The van der Waals surface area contributed by atoms with Crippen molar-refractivity contribution < 1.29 is 4.79 Å². The number of amides is 1. The number of rotatable bonds is 4. The third-order valence-electron chi connectivity index (χ3n) is 2.58. The first-order valence-corrected chi connectivity index (χ1v) is 6.33. The fourth-order valence-electron chi connectivity index (χ4n) is 1.70. The van der Waals surface area contributed by atoms with E-state index in [0.29, 0.717) is 12.2 Å². The van der Waals surface area contributed by atoms with Crippen molar-refractivity contribution in [2.75, 3.05) is 11.2 Å². The Hall–Kier alpha value is -2.07. The molecule has 1 heterocycles. The maximum absolute atomic E-state index is 11.8. The van der Waals surface area contributed by atoms with Gasteiger partial charge in [0.2, 0.25) is 5.91 Å². The van der Waals surface area contributed by atoms with Crippen molar-refractivity contribution in [2.24, 2.45) is 0 Å². The molecular weight excluding hydrogens is 264 g/mol. The van der Waals surface area contributed by atoms with E-state index in [1.54, 1.807) is 16.8 Å². The quantitative estimate of drug-likeness (QED) is 0.869. The molecule has 0 spiro atoms. The average molecular weight is 277 g/mol. The Morgan fingerprint density at radius 2 is 1.89 bits per heavy atom. The Balaban J connectivity index is 2.22. The summed E-state index contributed by atoms with van der Waals surface area (Å²) in [5, 5.41) is 2.61. The highest BCUT2D eigenvalue weighted by Crippen LogP contribution is 2.06. The molecule has 1 aromatic carbocycles. The number of hydrogen-bond acceptors (Lipinski definition) is 2. The van der Waals surface area contributed by atoms with Crippen LogP contribution in [0.3, 0.4) is 0 Å². The molecule has 0 aliphatic rings. The highest BCUT2D eigenvalue weighted by molar-refractivity contribution is 6.29. The van der Waals surface area contributed by atoms with Gasteiger partial charge in [0.25, 0.3) is 5.56 Å². The molecule has 1 aromatic heterocycles. The molecule has 19 heavy (non-hydrogen) atoms. The number of pyridine rings is 1. The molecule has 0 aliphatic heterocycles. The second-order valence-electron chi connectivity index (χ2n) is 4.05. The van der Waals surface area contributed by atoms with Gasteiger partial charge in [-0.25, -0.2) is 0 Å². The number of alkyl halides is 1. The molecule has 1 N–H and O–H groups in total. The molecule has 0 saturated carbocycles. The minimum absolute atomic E-state index is 0.113. The molecule has 0 radical (unpaired) electrons. The zero-order valence-electron chi connectivity index (χ0n) is 10.2. The van der Waals surface area contributed by atoms with Crippen molar-refractivity contribution >= 4 is 23.2 Å². The summed E-state index contributed by atoms with van der Waals surface area (Å²) in [6.07, 6.45) is 1.61. The number of nitrogens with zero attached hydrogens (tertiary/aromatic N) is 1. The molecule has 0 bridgehead atoms. The van der Waals surface area contributed by atoms with Gasteiger partial charge in [-0.15, -0.1) is 11.6 Å². The lowest BCUT2D eigenvalue weighted by molar-refractivity contribution is -0.113. The van der Waals surface area contributed by atoms with E-state index in [1.165, 1.54) is 6.07 Å². The summed E-state index contributed by atoms with van der Waals surface area (Å²) in [4.78, 5) is 23.0. The van der Waals surface area contributed by atoms with Crippen LogP contribution in [0.25, 0.3) is 0 Å². The van der Waals surface area contributed by atoms with Crippen molar-refractivity contribution in [1.82, 2.24) is 4.57 Å². The number of aromatic nitrogens is 1. The van der Waals surface area contributed by atoms with Crippen molar-refractivity contribution in [2.45, 2.75) is 6.54 Å². The number of anilines is 1. The van der Waals surface area contributed by atoms with Gasteiger partial charge in [0.1, 0.15) is 5.88 Å². The second-order valence-corrected chi connectivity index (χ2v) is 4.32. The Labute approximate surface area is 115 Å². The van der Waals surface area contributed by atoms with Crippen LogP contribution < -0.4 is 10.9 Å². The summed E-state index contributed by atoms with van der Waals surface area (Å²) >= 11 is 5.42. The van der Waals surface area contributed by atoms with Gasteiger partial charge in [-0.1, -0.05) is 30.3 Å². The van der Waals surface area contributed by atoms with E-state index in [4.69, 9.17) is 11.6 Å². The van der Waals surface area contributed by atoms with Gasteiger partial charge in [0, 0.05) is 12.3 Å². The highest BCUT2D eigenvalue weighted by atomic mass is 35.5. The maximum Gasteiger partial charge on any atom is 0.250 e. The van der Waals surface area contributed by atoms with Gasteiger partial charge in [0.05, 0.1) is 12.2 Å². The lowest BCUT2D eigenvalue weighted by Crippen LogP contribution is -2.21. The number of hydrogen-bond donors (Lipinski definition) is 1. The topological polar surface area (TPSA) is 51.1 Å². The van der Waals surface area contributed by atoms with Crippen molar-refractivity contribution in [3.05, 3.63) is 64.6 Å². The predicted octanol–water partition coefficient (Wildman–Crippen LogP) is 2.07. The van der Waals surface area contributed by atoms with Crippen molar-refractivity contribution in [3.8, 4) is 0 Å². The van der Waals surface area contributed by atoms with Crippen LogP contribution in [0.1, 0.15) is 5.56 Å². The molecule has 0 atom stereocenters. The standard InChI is InChI=1S/C14H13ClN2O2/c15-8-13(18)16-12-6-7-14(19)17(10-12)9-11-4-2-1-3-5-11/h1-7,10H,8-9H2,(H,16,18). The highest BCUT2D eigenvalue weighted by Gasteiger charge is 2.03. The Morgan fingerprint density at radius 1 is 1.16 bits per heavy atom. The van der Waals surface area contributed by atoms with Crippen molar-refractivity contribution in [3.63, 3.8) is 0 Å². The third kappa shape index (κ3) is 3.69. The molecule has 2 aromatic rings. The SMILES string of the molecule is O=C(CCl)Nc1ccc(=O)n(Cc2ccccc2)c1. The molecule has 2 rings (SSSR count). The molecular formula is C14H13ClN2O2. The van der Waals surface area contributed by atoms with E-state index < -0.39 is 0 Å². The first-order chi connectivity index (χ1) is 9.19. The number of carbonyl (C=O) groups excluding carboxylic acids is 1. The van der Waals surface area contributed by atoms with E-state index in [1.807, 2.05) is 30.3 Å². The van der Waals surface area contributed by atoms with Gasteiger partial charge in [0.15, 0.2) is 0 Å². The summed E-state index contributed by atoms with van der Waals surface area (Å²) in [6, 6.07) is 12.6. The Bertz CT molecular complexity index is 623. The first-order valence-electron chi connectivity index (χ1n) is 5.79. The van der Waals surface area contributed by atoms with E-state index in [9.17, 15) is 9.59 Å². The van der Waals surface area contributed by atoms with Gasteiger partial charge in [-0.2, -0.15) is 0 Å². The van der Waals surface area contributed by atoms with Crippen LogP contribution in [-0.2, 0) is 11.3 Å². The summed E-state index contributed by atoms with van der Waals surface area (Å²) < 4.78 is 1.54. The Morgan fingerprint density at radius 3 is 2.58 bits per heavy atom. The fraction of sp³-hybridized carbons (Fsp3) is 0.143. The van der Waals surface area contributed by atoms with Gasteiger partial charge >= 0.3 is 0 Å². The molecule has 0 saturated heterocycles. The van der Waals surface area contributed by atoms with Crippen molar-refractivity contribution in [1.29, 1.82) is 0 Å². The predicted molar refractivity (Wildman–Crippen MR) is 75.6 cm³/mol. The summed E-state index contributed by atoms with van der Waals surface area (Å²) in [7, 11) is 0. The van der Waals surface area contributed by atoms with Crippen LogP contribution in [0.5, 0.6) is 0 Å². The second kappa shape index (κ2) is 6.20. The first kappa shape index (κ1) is 13.4. The summed E-state index contributed by atoms with van der Waals surface area (Å²) in [6.45, 7) is 0.463. The van der Waals surface area contributed by atoms with Crippen LogP contribution in [0.15, 0.2) is 53.5 Å². The van der Waals surface area contributed by atoms with Gasteiger partial charge in [-0.3, -0.25) is 9.59 Å². The van der Waals surface area contributed by atoms with Crippen LogP contribution in [0, 0.1) is 0 Å². The largest absolute Gasteiger partial charge is 0.324 e. The molecule has 4 nitrogen and oxygen atoms in total. The van der Waals surface area contributed by atoms with Crippen LogP contribution >= 0.6 is 11.6 Å². The molecule has 0 fully saturated rings. The van der Waals surface area contributed by atoms with Crippen LogP contribution in [0.4, 0.5) is 5.69 Å². The monoisotopic (exact) mass is 276 g/mol. The van der Waals surface area contributed by atoms with E-state index in [-0.39, 0.29) is 17.3 Å². The maximum atomic E-state index is 11.8. The van der Waals surface area contributed by atoms with Gasteiger partial charge < -0.3 is 9.88 Å². The number of halogens is 1. The minimum Gasteiger partial charge on any atom is -0.324 e. The smallest absolute Gasteiger partial charge is 0.250 e. The molecule has 5 heteroatoms. The summed E-state index contributed by atoms with van der Waals surface area (Å²) in [5.41, 5.74) is 1.46. The number of nitrogens with one attached hydrogen (secondary N) is 1. The van der Waals surface area contributed by atoms with E-state index >= 15 is 0 Å². The lowest BCUT2D eigenvalue weighted by Gasteiger charge is -2.09. The molecule has 0 aliphatic carbocycles. The minimum atomic E-state index is -0.299. The molecule has 98 valence electrons. The Kier molecular flexibility index (Phi) is 4.36. The number of benzene rings is 1. The fourth-order valence-corrected chi connectivity index (χ4v) is 1.77. The van der Waals surface area contributed by atoms with E-state index in [0.717, 1.165) is 5.56 Å². The lowest BCUT2D eigenvalue weighted by atomic mass is 10.2. The normalized spacial score (nSPS) is 10.2. The zero-order chi connectivity index (χ0) is 13.7. The third-order valence-corrected chi connectivity index (χ3v) is 2.83. The number of carbonyl (C=O) groups is 1.